The van der Waals surface area contributed by atoms with Crippen molar-refractivity contribution >= 4 is 28.3 Å². The van der Waals surface area contributed by atoms with Crippen LogP contribution in [0, 0.1) is 5.82 Å². The molecule has 0 spiro atoms. The van der Waals surface area contributed by atoms with E-state index in [-0.39, 0.29) is 23.0 Å². The summed E-state index contributed by atoms with van der Waals surface area (Å²) in [4.78, 5) is 4.12. The molecule has 2 heterocycles. The lowest BCUT2D eigenvalue weighted by Gasteiger charge is -2.21. The second-order valence-corrected chi connectivity index (χ2v) is 7.20. The van der Waals surface area contributed by atoms with Gasteiger partial charge < -0.3 is 4.42 Å². The molecule has 2 aromatic heterocycles. The Labute approximate surface area is 163 Å². The molecule has 3 aromatic rings. The molecule has 0 aliphatic heterocycles. The Balaban J connectivity index is 1.81. The highest BCUT2D eigenvalue weighted by Crippen LogP contribution is 2.30. The minimum atomic E-state index is -4.74. The van der Waals surface area contributed by atoms with Gasteiger partial charge in [-0.15, -0.1) is 10.2 Å². The lowest BCUT2D eigenvalue weighted by molar-refractivity contribution is -0.156. The van der Waals surface area contributed by atoms with E-state index >= 15 is 0 Å². The van der Waals surface area contributed by atoms with Crippen LogP contribution in [0.25, 0.3) is 11.5 Å². The molecular formula is C16H11ClF4N4O2S. The quantitative estimate of drug-likeness (QED) is 0.561. The fourth-order valence-corrected chi connectivity index (χ4v) is 3.12. The summed E-state index contributed by atoms with van der Waals surface area (Å²) in [6.07, 6.45) is -2.04. The summed E-state index contributed by atoms with van der Waals surface area (Å²) in [5.74, 6) is -2.38. The number of benzene rings is 1. The molecule has 0 saturated carbocycles. The van der Waals surface area contributed by atoms with Crippen molar-refractivity contribution in [1.82, 2.24) is 15.2 Å². The molecule has 1 atom stereocenters. The first-order chi connectivity index (χ1) is 13.1. The predicted octanol–water partition coefficient (Wildman–Crippen LogP) is 4.24. The standard InChI is InChI=1S/C16H11ClF4N4O2S/c1-28(26)25(11-4-5-13(18)12(17)6-11)8-10-3-2-9(7-22-10)14-23-24-15(27-14)16(19,20)21/h2-7H,8H2,1H3. The van der Waals surface area contributed by atoms with Crippen LogP contribution >= 0.6 is 11.6 Å². The Hall–Kier alpha value is -2.53. The Bertz CT molecular complexity index is 1010. The summed E-state index contributed by atoms with van der Waals surface area (Å²) in [7, 11) is -1.47. The van der Waals surface area contributed by atoms with Crippen molar-refractivity contribution in [2.24, 2.45) is 0 Å². The van der Waals surface area contributed by atoms with Crippen LogP contribution in [0.1, 0.15) is 11.6 Å². The largest absolute Gasteiger partial charge is 0.470 e. The molecule has 0 bridgehead atoms. The van der Waals surface area contributed by atoms with E-state index in [1.165, 1.54) is 41.0 Å². The van der Waals surface area contributed by atoms with E-state index in [4.69, 9.17) is 11.6 Å². The van der Waals surface area contributed by atoms with Gasteiger partial charge in [0.15, 0.2) is 0 Å². The number of anilines is 1. The first kappa shape index (κ1) is 20.2. The molecule has 28 heavy (non-hydrogen) atoms. The van der Waals surface area contributed by atoms with E-state index in [0.717, 1.165) is 6.07 Å². The van der Waals surface area contributed by atoms with Crippen LogP contribution in [0.2, 0.25) is 5.02 Å². The fraction of sp³-hybridized carbons (Fsp3) is 0.188. The summed E-state index contributed by atoms with van der Waals surface area (Å²) in [5, 5.41) is 6.19. The molecule has 3 rings (SSSR count). The van der Waals surface area contributed by atoms with E-state index in [9.17, 15) is 21.8 Å². The van der Waals surface area contributed by atoms with E-state index in [1.807, 2.05) is 0 Å². The van der Waals surface area contributed by atoms with Gasteiger partial charge in [0, 0.05) is 12.5 Å². The Morgan fingerprint density at radius 2 is 1.96 bits per heavy atom. The van der Waals surface area contributed by atoms with Crippen LogP contribution in [0.4, 0.5) is 23.2 Å². The van der Waals surface area contributed by atoms with Gasteiger partial charge in [-0.25, -0.2) is 8.60 Å². The van der Waals surface area contributed by atoms with Crippen LogP contribution < -0.4 is 4.31 Å². The van der Waals surface area contributed by atoms with Crippen LogP contribution in [-0.2, 0) is 23.7 Å². The zero-order valence-corrected chi connectivity index (χ0v) is 15.6. The van der Waals surface area contributed by atoms with Crippen molar-refractivity contribution in [3.05, 3.63) is 59.0 Å². The van der Waals surface area contributed by atoms with Crippen molar-refractivity contribution in [2.75, 3.05) is 10.6 Å². The van der Waals surface area contributed by atoms with Crippen LogP contribution in [0.15, 0.2) is 40.9 Å². The number of aromatic nitrogens is 3. The molecule has 6 nitrogen and oxygen atoms in total. The smallest absolute Gasteiger partial charge is 0.413 e. The first-order valence-corrected chi connectivity index (χ1v) is 9.46. The van der Waals surface area contributed by atoms with Crippen molar-refractivity contribution < 1.29 is 26.2 Å². The highest BCUT2D eigenvalue weighted by molar-refractivity contribution is 7.85. The summed E-state index contributed by atoms with van der Waals surface area (Å²) in [6, 6.07) is 6.88. The lowest BCUT2D eigenvalue weighted by Crippen LogP contribution is -2.24. The Kier molecular flexibility index (Phi) is 5.66. The monoisotopic (exact) mass is 434 g/mol. The van der Waals surface area contributed by atoms with Gasteiger partial charge in [0.2, 0.25) is 5.89 Å². The number of alkyl halides is 3. The van der Waals surface area contributed by atoms with Crippen LogP contribution in [-0.4, -0.2) is 25.6 Å². The number of hydrogen-bond donors (Lipinski definition) is 0. The van der Waals surface area contributed by atoms with Crippen molar-refractivity contribution in [3.63, 3.8) is 0 Å². The van der Waals surface area contributed by atoms with Gasteiger partial charge in [0.1, 0.15) is 16.8 Å². The van der Waals surface area contributed by atoms with Crippen LogP contribution in [0.3, 0.4) is 0 Å². The van der Waals surface area contributed by atoms with Crippen LogP contribution in [0.5, 0.6) is 0 Å². The van der Waals surface area contributed by atoms with Gasteiger partial charge in [-0.2, -0.15) is 13.2 Å². The normalized spacial score (nSPS) is 12.8. The number of rotatable bonds is 5. The highest BCUT2D eigenvalue weighted by atomic mass is 35.5. The third kappa shape index (κ3) is 4.47. The van der Waals surface area contributed by atoms with Gasteiger partial charge >= 0.3 is 12.1 Å². The minimum absolute atomic E-state index is 0.0863. The number of nitrogens with zero attached hydrogens (tertiary/aromatic N) is 4. The number of pyridine rings is 1. The third-order valence-corrected chi connectivity index (χ3v) is 4.80. The molecule has 0 N–H and O–H groups in total. The first-order valence-electron chi connectivity index (χ1n) is 7.57. The van der Waals surface area contributed by atoms with Gasteiger partial charge in [-0.1, -0.05) is 11.6 Å². The maximum Gasteiger partial charge on any atom is 0.470 e. The highest BCUT2D eigenvalue weighted by Gasteiger charge is 2.38. The molecule has 1 unspecified atom stereocenters. The number of halogens is 5. The summed E-state index contributed by atoms with van der Waals surface area (Å²) in [6.45, 7) is 0.0863. The Morgan fingerprint density at radius 1 is 1.21 bits per heavy atom. The topological polar surface area (TPSA) is 72.1 Å². The average molecular weight is 435 g/mol. The summed E-state index contributed by atoms with van der Waals surface area (Å²) in [5.41, 5.74) is 1.07. The maximum absolute atomic E-state index is 13.3. The summed E-state index contributed by atoms with van der Waals surface area (Å²) >= 11 is 5.77. The summed E-state index contributed by atoms with van der Waals surface area (Å²) < 4.78 is 69.0. The molecule has 148 valence electrons. The average Bonchev–Trinajstić information content (AvgIpc) is 3.13. The molecule has 0 saturated heterocycles. The molecule has 0 aliphatic rings. The lowest BCUT2D eigenvalue weighted by atomic mass is 10.2. The van der Waals surface area contributed by atoms with Crippen molar-refractivity contribution in [2.45, 2.75) is 12.7 Å². The molecule has 0 amide bonds. The maximum atomic E-state index is 13.3. The second-order valence-electron chi connectivity index (χ2n) is 5.51. The molecule has 0 fully saturated rings. The van der Waals surface area contributed by atoms with E-state index in [1.54, 1.807) is 0 Å². The van der Waals surface area contributed by atoms with E-state index in [2.05, 4.69) is 19.6 Å². The fourth-order valence-electron chi connectivity index (χ4n) is 2.22. The molecule has 1 aromatic carbocycles. The molecule has 0 radical (unpaired) electrons. The zero-order chi connectivity index (χ0) is 20.5. The third-order valence-electron chi connectivity index (χ3n) is 3.55. The zero-order valence-electron chi connectivity index (χ0n) is 14.1. The second kappa shape index (κ2) is 7.84. The number of hydrogen-bond acceptors (Lipinski definition) is 5. The molecule has 0 aliphatic carbocycles. The SMILES string of the molecule is CS(=O)N(Cc1ccc(-c2nnc(C(F)(F)F)o2)cn1)c1ccc(F)c(Cl)c1. The Morgan fingerprint density at radius 3 is 2.50 bits per heavy atom. The molecular weight excluding hydrogens is 424 g/mol. The molecule has 12 heteroatoms. The minimum Gasteiger partial charge on any atom is -0.413 e. The van der Waals surface area contributed by atoms with Gasteiger partial charge in [-0.05, 0) is 30.3 Å². The van der Waals surface area contributed by atoms with Gasteiger partial charge in [0.05, 0.1) is 28.5 Å². The van der Waals surface area contributed by atoms with Crippen molar-refractivity contribution in [3.8, 4) is 11.5 Å². The van der Waals surface area contributed by atoms with E-state index < -0.39 is 28.9 Å². The van der Waals surface area contributed by atoms with Gasteiger partial charge in [0.25, 0.3) is 0 Å². The van der Waals surface area contributed by atoms with Crippen molar-refractivity contribution in [1.29, 1.82) is 0 Å². The predicted molar refractivity (Wildman–Crippen MR) is 94.2 cm³/mol. The van der Waals surface area contributed by atoms with Gasteiger partial charge in [-0.3, -0.25) is 9.29 Å². The van der Waals surface area contributed by atoms with E-state index in [0.29, 0.717) is 11.4 Å².